The molecule has 0 saturated heterocycles. The molecule has 3 aromatic rings. The summed E-state index contributed by atoms with van der Waals surface area (Å²) in [6.45, 7) is 5.37. The molecule has 0 aliphatic rings. The first-order chi connectivity index (χ1) is 13.6. The highest BCUT2D eigenvalue weighted by Gasteiger charge is 2.20. The van der Waals surface area contributed by atoms with E-state index in [0.29, 0.717) is 22.3 Å². The third-order valence-electron chi connectivity index (χ3n) is 3.95. The molecule has 0 saturated carbocycles. The van der Waals surface area contributed by atoms with Gasteiger partial charge in [0.1, 0.15) is 11.4 Å². The van der Waals surface area contributed by atoms with Gasteiger partial charge in [0.15, 0.2) is 5.65 Å². The minimum Gasteiger partial charge on any atom is -0.497 e. The molecule has 0 fully saturated rings. The maximum Gasteiger partial charge on any atom is 0.331 e. The molecule has 7 nitrogen and oxygen atoms in total. The number of nitrogens with zero attached hydrogens (tertiary/aromatic N) is 2. The second-order valence-corrected chi connectivity index (χ2v) is 9.16. The number of methoxy groups -OCH3 is 1. The molecule has 0 amide bonds. The van der Waals surface area contributed by atoms with E-state index in [4.69, 9.17) is 9.47 Å². The fourth-order valence-electron chi connectivity index (χ4n) is 2.66. The van der Waals surface area contributed by atoms with Gasteiger partial charge in [-0.25, -0.2) is 22.2 Å². The summed E-state index contributed by atoms with van der Waals surface area (Å²) in [6, 6.07) is 9.56. The number of fused-ring (bicyclic) bond motifs is 1. The van der Waals surface area contributed by atoms with Crippen molar-refractivity contribution in [3.8, 4) is 5.75 Å². The second-order valence-electron chi connectivity index (χ2n) is 7.34. The molecule has 0 radical (unpaired) electrons. The van der Waals surface area contributed by atoms with Crippen molar-refractivity contribution >= 4 is 33.1 Å². The molecule has 0 atom stereocenters. The Bertz CT molecular complexity index is 1170. The SMILES string of the molecule is COc1ccc(S(=O)(=O)n2ccc3cc(/C=C/C(=O)OC(C)(C)C)cnc32)cc1. The normalized spacial score (nSPS) is 12.4. The van der Waals surface area contributed by atoms with E-state index < -0.39 is 21.6 Å². The number of carbonyl (C=O) groups is 1. The molecule has 0 aliphatic carbocycles. The summed E-state index contributed by atoms with van der Waals surface area (Å²) in [4.78, 5) is 16.2. The predicted molar refractivity (Wildman–Crippen MR) is 110 cm³/mol. The lowest BCUT2D eigenvalue weighted by Crippen LogP contribution is -2.22. The first kappa shape index (κ1) is 20.6. The standard InChI is InChI=1S/C21H22N2O5S/c1-21(2,3)28-19(24)10-5-15-13-16-11-12-23(20(16)22-14-15)29(25,26)18-8-6-17(27-4)7-9-18/h5-14H,1-4H3/b10-5+. The zero-order valence-electron chi connectivity index (χ0n) is 16.6. The summed E-state index contributed by atoms with van der Waals surface area (Å²) in [6.07, 6.45) is 5.86. The summed E-state index contributed by atoms with van der Waals surface area (Å²) < 4.78 is 37.3. The molecular weight excluding hydrogens is 392 g/mol. The Hall–Kier alpha value is -3.13. The molecule has 0 aliphatic heterocycles. The van der Waals surface area contributed by atoms with E-state index in [0.717, 1.165) is 3.97 Å². The van der Waals surface area contributed by atoms with Gasteiger partial charge < -0.3 is 9.47 Å². The van der Waals surface area contributed by atoms with Crippen LogP contribution in [-0.2, 0) is 19.6 Å². The molecule has 8 heteroatoms. The first-order valence-corrected chi connectivity index (χ1v) is 10.3. The van der Waals surface area contributed by atoms with Gasteiger partial charge in [-0.05, 0) is 68.8 Å². The van der Waals surface area contributed by atoms with E-state index in [2.05, 4.69) is 4.98 Å². The lowest BCUT2D eigenvalue weighted by Gasteiger charge is -2.17. The number of hydrogen-bond acceptors (Lipinski definition) is 6. The van der Waals surface area contributed by atoms with Crippen LogP contribution < -0.4 is 4.74 Å². The monoisotopic (exact) mass is 414 g/mol. The van der Waals surface area contributed by atoms with Gasteiger partial charge in [-0.3, -0.25) is 0 Å². The quantitative estimate of drug-likeness (QED) is 0.468. The third-order valence-corrected chi connectivity index (χ3v) is 5.63. The van der Waals surface area contributed by atoms with Crippen LogP contribution >= 0.6 is 0 Å². The molecule has 3 rings (SSSR count). The van der Waals surface area contributed by atoms with Crippen LogP contribution in [0.15, 0.2) is 59.8 Å². The van der Waals surface area contributed by atoms with Gasteiger partial charge in [0.25, 0.3) is 10.0 Å². The van der Waals surface area contributed by atoms with Gasteiger partial charge in [-0.15, -0.1) is 0 Å². The maximum absolute atomic E-state index is 12.9. The maximum atomic E-state index is 12.9. The second kappa shape index (κ2) is 7.71. The Kier molecular flexibility index (Phi) is 5.48. The molecule has 2 heterocycles. The highest BCUT2D eigenvalue weighted by molar-refractivity contribution is 7.90. The Morgan fingerprint density at radius 3 is 2.45 bits per heavy atom. The topological polar surface area (TPSA) is 87.5 Å². The summed E-state index contributed by atoms with van der Waals surface area (Å²) in [5.74, 6) is 0.109. The molecule has 0 N–H and O–H groups in total. The highest BCUT2D eigenvalue weighted by atomic mass is 32.2. The number of pyridine rings is 1. The van der Waals surface area contributed by atoms with Gasteiger partial charge in [-0.2, -0.15) is 0 Å². The highest BCUT2D eigenvalue weighted by Crippen LogP contribution is 2.23. The van der Waals surface area contributed by atoms with E-state index >= 15 is 0 Å². The Balaban J connectivity index is 1.89. The molecule has 0 bridgehead atoms. The third kappa shape index (κ3) is 4.65. The average Bonchev–Trinajstić information content (AvgIpc) is 3.09. The average molecular weight is 414 g/mol. The summed E-state index contributed by atoms with van der Waals surface area (Å²) in [7, 11) is -2.28. The molecule has 1 aromatic carbocycles. The van der Waals surface area contributed by atoms with Gasteiger partial charge in [0.05, 0.1) is 12.0 Å². The number of ether oxygens (including phenoxy) is 2. The Labute approximate surface area is 169 Å². The number of benzene rings is 1. The summed E-state index contributed by atoms with van der Waals surface area (Å²) in [5, 5.41) is 0.633. The minimum absolute atomic E-state index is 0.131. The van der Waals surface area contributed by atoms with E-state index in [1.807, 2.05) is 0 Å². The van der Waals surface area contributed by atoms with Crippen LogP contribution in [0.1, 0.15) is 26.3 Å². The van der Waals surface area contributed by atoms with Crippen molar-refractivity contribution in [1.82, 2.24) is 8.96 Å². The number of esters is 1. The van der Waals surface area contributed by atoms with Gasteiger partial charge in [0, 0.05) is 23.9 Å². The van der Waals surface area contributed by atoms with Crippen molar-refractivity contribution in [3.63, 3.8) is 0 Å². The Morgan fingerprint density at radius 1 is 1.14 bits per heavy atom. The molecule has 2 aromatic heterocycles. The largest absolute Gasteiger partial charge is 0.497 e. The zero-order chi connectivity index (χ0) is 21.2. The molecule has 0 spiro atoms. The smallest absolute Gasteiger partial charge is 0.331 e. The number of carbonyl (C=O) groups excluding carboxylic acids is 1. The van der Waals surface area contributed by atoms with E-state index in [9.17, 15) is 13.2 Å². The fourth-order valence-corrected chi connectivity index (χ4v) is 3.97. The molecule has 152 valence electrons. The van der Waals surface area contributed by atoms with Crippen LogP contribution in [0.25, 0.3) is 17.1 Å². The van der Waals surface area contributed by atoms with Crippen molar-refractivity contribution in [2.75, 3.05) is 7.11 Å². The van der Waals surface area contributed by atoms with Crippen LogP contribution in [0.2, 0.25) is 0 Å². The minimum atomic E-state index is -3.80. The van der Waals surface area contributed by atoms with Crippen LogP contribution in [-0.4, -0.2) is 36.1 Å². The van der Waals surface area contributed by atoms with Crippen molar-refractivity contribution in [1.29, 1.82) is 0 Å². The van der Waals surface area contributed by atoms with Gasteiger partial charge in [-0.1, -0.05) is 0 Å². The van der Waals surface area contributed by atoms with Crippen molar-refractivity contribution in [2.24, 2.45) is 0 Å². The lowest BCUT2D eigenvalue weighted by molar-refractivity contribution is -0.148. The van der Waals surface area contributed by atoms with Crippen molar-refractivity contribution in [2.45, 2.75) is 31.3 Å². The summed E-state index contributed by atoms with van der Waals surface area (Å²) in [5.41, 5.74) is 0.384. The zero-order valence-corrected chi connectivity index (χ0v) is 17.4. The summed E-state index contributed by atoms with van der Waals surface area (Å²) >= 11 is 0. The van der Waals surface area contributed by atoms with Crippen LogP contribution in [0.5, 0.6) is 5.75 Å². The molecule has 29 heavy (non-hydrogen) atoms. The first-order valence-electron chi connectivity index (χ1n) is 8.88. The lowest BCUT2D eigenvalue weighted by atomic mass is 10.2. The fraction of sp³-hybridized carbons (Fsp3) is 0.238. The molecule has 0 unspecified atom stereocenters. The van der Waals surface area contributed by atoms with Crippen LogP contribution in [0.3, 0.4) is 0 Å². The van der Waals surface area contributed by atoms with Gasteiger partial charge in [0.2, 0.25) is 0 Å². The van der Waals surface area contributed by atoms with Gasteiger partial charge >= 0.3 is 5.97 Å². The van der Waals surface area contributed by atoms with E-state index in [1.54, 1.807) is 51.1 Å². The Morgan fingerprint density at radius 2 is 1.83 bits per heavy atom. The van der Waals surface area contributed by atoms with Crippen molar-refractivity contribution in [3.05, 3.63) is 60.4 Å². The van der Waals surface area contributed by atoms with E-state index in [1.165, 1.54) is 37.7 Å². The predicted octanol–water partition coefficient (Wildman–Crippen LogP) is 3.64. The van der Waals surface area contributed by atoms with E-state index in [-0.39, 0.29) is 4.90 Å². The number of rotatable bonds is 5. The van der Waals surface area contributed by atoms with Crippen LogP contribution in [0, 0.1) is 0 Å². The number of hydrogen-bond donors (Lipinski definition) is 0. The number of aromatic nitrogens is 2. The van der Waals surface area contributed by atoms with Crippen LogP contribution in [0.4, 0.5) is 0 Å². The molecular formula is C21H22N2O5S. The van der Waals surface area contributed by atoms with Crippen molar-refractivity contribution < 1.29 is 22.7 Å².